The van der Waals surface area contributed by atoms with E-state index in [1.165, 1.54) is 0 Å². The van der Waals surface area contributed by atoms with Crippen molar-refractivity contribution in [3.8, 4) is 0 Å². The van der Waals surface area contributed by atoms with Crippen LogP contribution < -0.4 is 26.3 Å². The smallest absolute Gasteiger partial charge is 0.255 e. The molecule has 7 nitrogen and oxygen atoms in total. The number of nitrogens with two attached hydrogens (primary N) is 1. The lowest BCUT2D eigenvalue weighted by atomic mass is 10.1. The van der Waals surface area contributed by atoms with Crippen LogP contribution in [0, 0.1) is 0 Å². The SMILES string of the molecule is C[n+]1ccc(Nc2ccc(NC(=O)c3ccc(/C=C/C4=NCCCN4)cc3)cc2)c2cc(N)ccc21. The zero-order valence-electron chi connectivity index (χ0n) is 20.2. The zero-order valence-corrected chi connectivity index (χ0v) is 20.2. The van der Waals surface area contributed by atoms with E-state index in [-0.39, 0.29) is 5.91 Å². The number of aromatic nitrogens is 1. The molecule has 1 aromatic heterocycles. The first-order valence-electron chi connectivity index (χ1n) is 12.0. The Morgan fingerprint density at radius 2 is 1.78 bits per heavy atom. The maximum Gasteiger partial charge on any atom is 0.255 e. The average molecular weight is 478 g/mol. The number of nitrogen functional groups attached to an aromatic ring is 1. The van der Waals surface area contributed by atoms with E-state index in [9.17, 15) is 4.79 Å². The van der Waals surface area contributed by atoms with Crippen molar-refractivity contribution in [3.63, 3.8) is 0 Å². The quantitative estimate of drug-likeness (QED) is 0.240. The Balaban J connectivity index is 1.23. The van der Waals surface area contributed by atoms with Gasteiger partial charge in [0.1, 0.15) is 12.9 Å². The van der Waals surface area contributed by atoms with E-state index in [1.807, 2.05) is 98.2 Å². The molecule has 36 heavy (non-hydrogen) atoms. The number of nitrogens with one attached hydrogen (secondary N) is 3. The number of aryl methyl sites for hydroxylation is 1. The van der Waals surface area contributed by atoms with Gasteiger partial charge in [0.25, 0.3) is 5.91 Å². The number of carbonyl (C=O) groups excluding carboxylic acids is 1. The molecule has 0 radical (unpaired) electrons. The number of carbonyl (C=O) groups is 1. The van der Waals surface area contributed by atoms with Crippen LogP contribution in [-0.4, -0.2) is 24.8 Å². The fourth-order valence-corrected chi connectivity index (χ4v) is 4.12. The summed E-state index contributed by atoms with van der Waals surface area (Å²) in [6.45, 7) is 1.82. The topological polar surface area (TPSA) is 95.4 Å². The molecule has 0 aliphatic carbocycles. The molecule has 5 N–H and O–H groups in total. The van der Waals surface area contributed by atoms with Crippen LogP contribution in [0.4, 0.5) is 22.7 Å². The van der Waals surface area contributed by atoms with Gasteiger partial charge in [0.15, 0.2) is 6.20 Å². The van der Waals surface area contributed by atoms with Crippen LogP contribution in [-0.2, 0) is 7.05 Å². The summed E-state index contributed by atoms with van der Waals surface area (Å²) in [7, 11) is 2.01. The number of fused-ring (bicyclic) bond motifs is 1. The van der Waals surface area contributed by atoms with E-state index in [0.29, 0.717) is 5.56 Å². The minimum absolute atomic E-state index is 0.151. The van der Waals surface area contributed by atoms with Crippen LogP contribution in [0.25, 0.3) is 17.0 Å². The van der Waals surface area contributed by atoms with Crippen LogP contribution in [0.5, 0.6) is 0 Å². The summed E-state index contributed by atoms with van der Waals surface area (Å²) in [5, 5.41) is 10.7. The van der Waals surface area contributed by atoms with Crippen LogP contribution in [0.3, 0.4) is 0 Å². The predicted molar refractivity (Wildman–Crippen MR) is 148 cm³/mol. The van der Waals surface area contributed by atoms with Crippen molar-refractivity contribution in [3.05, 3.63) is 96.2 Å². The third-order valence-electron chi connectivity index (χ3n) is 6.11. The number of pyridine rings is 1. The molecule has 1 aliphatic rings. The third kappa shape index (κ3) is 5.36. The Morgan fingerprint density at radius 3 is 2.53 bits per heavy atom. The first-order valence-corrected chi connectivity index (χ1v) is 12.0. The van der Waals surface area contributed by atoms with Gasteiger partial charge in [0.2, 0.25) is 5.52 Å². The molecule has 1 aliphatic heterocycles. The van der Waals surface area contributed by atoms with E-state index in [2.05, 4.69) is 25.5 Å². The standard InChI is InChI=1S/C29H28N6O/c1-35-18-15-26(25-19-22(30)8-13-27(25)35)33-23-9-11-24(12-10-23)34-29(36)21-6-3-20(4-7-21)5-14-28-31-16-2-17-32-28/h3-15,18-19H,2,16-17,30H2,1H3,(H2,31,32,34,36)/p+1/b14-5+. The summed E-state index contributed by atoms with van der Waals surface area (Å²) in [6, 6.07) is 23.1. The minimum Gasteiger partial charge on any atom is -0.399 e. The van der Waals surface area contributed by atoms with Gasteiger partial charge in [-0.3, -0.25) is 9.79 Å². The molecule has 1 amide bonds. The van der Waals surface area contributed by atoms with E-state index in [4.69, 9.17) is 5.73 Å². The summed E-state index contributed by atoms with van der Waals surface area (Å²) in [5.74, 6) is 0.751. The van der Waals surface area contributed by atoms with Gasteiger partial charge in [0.05, 0.1) is 11.1 Å². The highest BCUT2D eigenvalue weighted by Crippen LogP contribution is 2.26. The molecule has 2 heterocycles. The number of hydrogen-bond donors (Lipinski definition) is 4. The Bertz CT molecular complexity index is 1460. The number of amidine groups is 1. The molecule has 0 spiro atoms. The summed E-state index contributed by atoms with van der Waals surface area (Å²) in [4.78, 5) is 17.2. The molecule has 180 valence electrons. The van der Waals surface area contributed by atoms with E-state index >= 15 is 0 Å². The first-order chi connectivity index (χ1) is 17.5. The van der Waals surface area contributed by atoms with Gasteiger partial charge in [0, 0.05) is 47.8 Å². The van der Waals surface area contributed by atoms with Crippen molar-refractivity contribution in [2.24, 2.45) is 12.0 Å². The molecule has 0 bridgehead atoms. The molecular weight excluding hydrogens is 448 g/mol. The van der Waals surface area contributed by atoms with Crippen LogP contribution in [0.2, 0.25) is 0 Å². The van der Waals surface area contributed by atoms with Crippen molar-refractivity contribution in [2.75, 3.05) is 29.5 Å². The second-order valence-electron chi connectivity index (χ2n) is 8.78. The van der Waals surface area contributed by atoms with Crippen molar-refractivity contribution >= 4 is 51.5 Å². The zero-order chi connectivity index (χ0) is 24.9. The minimum atomic E-state index is -0.151. The third-order valence-corrected chi connectivity index (χ3v) is 6.11. The van der Waals surface area contributed by atoms with E-state index in [0.717, 1.165) is 64.6 Å². The van der Waals surface area contributed by atoms with Gasteiger partial charge < -0.3 is 21.7 Å². The van der Waals surface area contributed by atoms with Crippen molar-refractivity contribution in [2.45, 2.75) is 6.42 Å². The second kappa shape index (κ2) is 10.3. The first kappa shape index (κ1) is 23.1. The fourth-order valence-electron chi connectivity index (χ4n) is 4.12. The summed E-state index contributed by atoms with van der Waals surface area (Å²) >= 11 is 0. The summed E-state index contributed by atoms with van der Waals surface area (Å²) < 4.78 is 2.06. The Morgan fingerprint density at radius 1 is 1.00 bits per heavy atom. The van der Waals surface area contributed by atoms with Gasteiger partial charge >= 0.3 is 0 Å². The maximum atomic E-state index is 12.7. The summed E-state index contributed by atoms with van der Waals surface area (Å²) in [6.07, 6.45) is 7.04. The molecule has 4 aromatic rings. The number of nitrogens with zero attached hydrogens (tertiary/aromatic N) is 2. The lowest BCUT2D eigenvalue weighted by molar-refractivity contribution is -0.644. The fraction of sp³-hybridized carbons (Fsp3) is 0.138. The van der Waals surface area contributed by atoms with Crippen molar-refractivity contribution in [1.29, 1.82) is 0 Å². The van der Waals surface area contributed by atoms with Gasteiger partial charge in [-0.15, -0.1) is 0 Å². The van der Waals surface area contributed by atoms with E-state index in [1.54, 1.807) is 0 Å². The predicted octanol–water partition coefficient (Wildman–Crippen LogP) is 4.65. The molecule has 0 saturated carbocycles. The molecule has 0 saturated heterocycles. The van der Waals surface area contributed by atoms with Crippen LogP contribution in [0.1, 0.15) is 22.3 Å². The van der Waals surface area contributed by atoms with Crippen LogP contribution >= 0.6 is 0 Å². The lowest BCUT2D eigenvalue weighted by Crippen LogP contribution is -2.28. The van der Waals surface area contributed by atoms with E-state index < -0.39 is 0 Å². The lowest BCUT2D eigenvalue weighted by Gasteiger charge is -2.11. The van der Waals surface area contributed by atoms with Crippen LogP contribution in [0.15, 0.2) is 90.1 Å². The molecule has 0 atom stereocenters. The highest BCUT2D eigenvalue weighted by atomic mass is 16.1. The number of anilines is 4. The number of rotatable bonds is 6. The van der Waals surface area contributed by atoms with Gasteiger partial charge in [-0.25, -0.2) is 4.57 Å². The molecule has 0 unspecified atom stereocenters. The largest absolute Gasteiger partial charge is 0.399 e. The highest BCUT2D eigenvalue weighted by Gasteiger charge is 2.11. The van der Waals surface area contributed by atoms with Crippen molar-refractivity contribution in [1.82, 2.24) is 5.32 Å². The number of hydrogen-bond acceptors (Lipinski definition) is 5. The van der Waals surface area contributed by atoms with Gasteiger partial charge in [-0.1, -0.05) is 18.2 Å². The number of amides is 1. The molecular formula is C29H29N6O+. The van der Waals surface area contributed by atoms with Gasteiger partial charge in [-0.2, -0.15) is 0 Å². The molecule has 7 heteroatoms. The second-order valence-corrected chi connectivity index (χ2v) is 8.78. The average Bonchev–Trinajstić information content (AvgIpc) is 2.91. The normalized spacial score (nSPS) is 13.3. The monoisotopic (exact) mass is 477 g/mol. The Labute approximate surface area is 210 Å². The number of benzene rings is 3. The maximum absolute atomic E-state index is 12.7. The Hall–Kier alpha value is -4.65. The summed E-state index contributed by atoms with van der Waals surface area (Å²) in [5.41, 5.74) is 12.0. The molecule has 0 fully saturated rings. The van der Waals surface area contributed by atoms with Crippen molar-refractivity contribution < 1.29 is 9.36 Å². The molecule has 5 rings (SSSR count). The number of aliphatic imine (C=N–C) groups is 1. The van der Waals surface area contributed by atoms with Gasteiger partial charge in [-0.05, 0) is 66.6 Å². The Kier molecular flexibility index (Phi) is 6.62. The molecule has 3 aromatic carbocycles. The highest BCUT2D eigenvalue weighted by molar-refractivity contribution is 6.04.